The minimum atomic E-state index is -0.352. The Balaban J connectivity index is 2.50. The summed E-state index contributed by atoms with van der Waals surface area (Å²) in [4.78, 5) is 37.1. The maximum atomic E-state index is 12.2. The Morgan fingerprint density at radius 3 is 2.08 bits per heavy atom. The maximum Gasteiger partial charge on any atom is 0.315 e. The number of amides is 3. The molecule has 1 saturated heterocycles. The fourth-order valence-corrected chi connectivity index (χ4v) is 3.76. The second kappa shape index (κ2) is 7.53. The second-order valence-electron chi connectivity index (χ2n) is 8.86. The van der Waals surface area contributed by atoms with Crippen LogP contribution in [0, 0.1) is 11.3 Å². The molecule has 1 aliphatic rings. The van der Waals surface area contributed by atoms with Crippen molar-refractivity contribution in [1.29, 1.82) is 0 Å². The predicted octanol–water partition coefficient (Wildman–Crippen LogP) is 2.33. The Morgan fingerprint density at radius 2 is 1.67 bits per heavy atom. The summed E-state index contributed by atoms with van der Waals surface area (Å²) in [5.41, 5.74) is -0.176. The van der Waals surface area contributed by atoms with Crippen LogP contribution in [0.15, 0.2) is 0 Å². The van der Waals surface area contributed by atoms with Crippen LogP contribution in [0.1, 0.15) is 61.3 Å². The molecule has 24 heavy (non-hydrogen) atoms. The number of rotatable bonds is 5. The van der Waals surface area contributed by atoms with Crippen LogP contribution < -0.4 is 10.6 Å². The average molecular weight is 339 g/mol. The Hall–Kier alpha value is -1.59. The lowest BCUT2D eigenvalue weighted by atomic mass is 9.82. The first kappa shape index (κ1) is 20.5. The molecular weight excluding hydrogens is 306 g/mol. The molecule has 6 heteroatoms. The van der Waals surface area contributed by atoms with Crippen LogP contribution in [-0.4, -0.2) is 47.3 Å². The Bertz CT molecular complexity index is 472. The molecule has 0 aliphatic carbocycles. The molecule has 0 saturated carbocycles. The molecule has 6 nitrogen and oxygen atoms in total. The van der Waals surface area contributed by atoms with Crippen molar-refractivity contribution in [2.75, 3.05) is 13.1 Å². The minimum Gasteiger partial charge on any atom is -0.338 e. The van der Waals surface area contributed by atoms with Gasteiger partial charge in [0.05, 0.1) is 6.04 Å². The summed E-state index contributed by atoms with van der Waals surface area (Å²) in [5, 5.41) is 5.89. The van der Waals surface area contributed by atoms with E-state index in [1.54, 1.807) is 4.90 Å². The number of hydrogen-bond donors (Lipinski definition) is 2. The van der Waals surface area contributed by atoms with Crippen molar-refractivity contribution in [2.24, 2.45) is 11.3 Å². The average Bonchev–Trinajstić information content (AvgIpc) is 2.77. The summed E-state index contributed by atoms with van der Waals surface area (Å²) < 4.78 is 0. The number of ketones is 1. The van der Waals surface area contributed by atoms with Crippen molar-refractivity contribution >= 4 is 17.7 Å². The van der Waals surface area contributed by atoms with Crippen molar-refractivity contribution in [2.45, 2.75) is 72.9 Å². The van der Waals surface area contributed by atoms with Crippen LogP contribution in [0.3, 0.4) is 0 Å². The van der Waals surface area contributed by atoms with Gasteiger partial charge in [-0.3, -0.25) is 9.59 Å². The summed E-state index contributed by atoms with van der Waals surface area (Å²) in [6.45, 7) is 14.4. The summed E-state index contributed by atoms with van der Waals surface area (Å²) in [5.74, 6) is 0.0243. The Kier molecular flexibility index (Phi) is 6.42. The van der Waals surface area contributed by atoms with Crippen LogP contribution in [-0.2, 0) is 9.59 Å². The van der Waals surface area contributed by atoms with E-state index < -0.39 is 0 Å². The molecule has 0 radical (unpaired) electrons. The van der Waals surface area contributed by atoms with Gasteiger partial charge in [-0.05, 0) is 44.9 Å². The highest BCUT2D eigenvalue weighted by atomic mass is 16.2. The molecule has 0 aromatic heterocycles. The molecule has 1 unspecified atom stereocenters. The number of carbonyl (C=O) groups excluding carboxylic acids is 3. The van der Waals surface area contributed by atoms with Gasteiger partial charge in [-0.2, -0.15) is 0 Å². The van der Waals surface area contributed by atoms with Gasteiger partial charge in [-0.15, -0.1) is 0 Å². The highest BCUT2D eigenvalue weighted by Gasteiger charge is 2.36. The highest BCUT2D eigenvalue weighted by Crippen LogP contribution is 2.27. The first-order chi connectivity index (χ1) is 10.8. The van der Waals surface area contributed by atoms with Crippen LogP contribution in [0.25, 0.3) is 0 Å². The molecule has 138 valence electrons. The predicted molar refractivity (Wildman–Crippen MR) is 94.6 cm³/mol. The zero-order valence-corrected chi connectivity index (χ0v) is 16.2. The number of Topliss-reactive ketones (excluding diaryl/α,β-unsaturated/α-hetero) is 1. The van der Waals surface area contributed by atoms with E-state index in [1.165, 1.54) is 13.8 Å². The molecule has 0 aromatic rings. The quantitative estimate of drug-likeness (QED) is 0.807. The minimum absolute atomic E-state index is 0.00321. The maximum absolute atomic E-state index is 12.2. The van der Waals surface area contributed by atoms with E-state index in [0.717, 1.165) is 6.42 Å². The van der Waals surface area contributed by atoms with Crippen molar-refractivity contribution < 1.29 is 14.4 Å². The molecule has 2 atom stereocenters. The van der Waals surface area contributed by atoms with Gasteiger partial charge in [-0.25, -0.2) is 4.79 Å². The molecule has 1 rings (SSSR count). The van der Waals surface area contributed by atoms with E-state index >= 15 is 0 Å². The third-order valence-electron chi connectivity index (χ3n) is 4.24. The van der Waals surface area contributed by atoms with Crippen molar-refractivity contribution in [1.82, 2.24) is 15.5 Å². The zero-order valence-electron chi connectivity index (χ0n) is 16.2. The highest BCUT2D eigenvalue weighted by molar-refractivity contribution is 5.87. The fraction of sp³-hybridized carbons (Fsp3) is 0.833. The molecular formula is C18H33N3O3. The third kappa shape index (κ3) is 6.49. The van der Waals surface area contributed by atoms with Gasteiger partial charge >= 0.3 is 6.03 Å². The van der Waals surface area contributed by atoms with E-state index in [0.29, 0.717) is 19.5 Å². The molecule has 1 heterocycles. The van der Waals surface area contributed by atoms with Gasteiger partial charge in [0, 0.05) is 25.6 Å². The van der Waals surface area contributed by atoms with Gasteiger partial charge in [0.15, 0.2) is 5.78 Å². The first-order valence-electron chi connectivity index (χ1n) is 8.64. The third-order valence-corrected chi connectivity index (χ3v) is 4.24. The number of likely N-dealkylation sites (tertiary alicyclic amines) is 1. The van der Waals surface area contributed by atoms with E-state index in [1.807, 2.05) is 13.8 Å². The smallest absolute Gasteiger partial charge is 0.315 e. The van der Waals surface area contributed by atoms with Crippen LogP contribution in [0.4, 0.5) is 4.79 Å². The van der Waals surface area contributed by atoms with E-state index in [2.05, 4.69) is 31.4 Å². The number of urea groups is 1. The zero-order chi connectivity index (χ0) is 18.7. The van der Waals surface area contributed by atoms with E-state index in [4.69, 9.17) is 0 Å². The standard InChI is InChI=1S/C18H33N3O3/c1-12(22)15-8-14(10-21(15)13(2)23)9-19-16(24)20-18(6,7)11-17(3,4)5/h14-15H,8-11H2,1-7H3,(H2,19,20,24)/t14?,15-/m0/s1. The van der Waals surface area contributed by atoms with Gasteiger partial charge in [0.2, 0.25) is 5.91 Å². The van der Waals surface area contributed by atoms with Gasteiger partial charge in [0.25, 0.3) is 0 Å². The number of hydrogen-bond acceptors (Lipinski definition) is 3. The van der Waals surface area contributed by atoms with Crippen LogP contribution >= 0.6 is 0 Å². The summed E-state index contributed by atoms with van der Waals surface area (Å²) in [6, 6.07) is -0.556. The number of nitrogens with zero attached hydrogens (tertiary/aromatic N) is 1. The lowest BCUT2D eigenvalue weighted by Gasteiger charge is -2.33. The Labute approximate surface area is 145 Å². The number of carbonyl (C=O) groups is 3. The lowest BCUT2D eigenvalue weighted by Crippen LogP contribution is -2.50. The van der Waals surface area contributed by atoms with Crippen LogP contribution in [0.2, 0.25) is 0 Å². The monoisotopic (exact) mass is 339 g/mol. The second-order valence-corrected chi connectivity index (χ2v) is 8.86. The Morgan fingerprint density at radius 1 is 1.08 bits per heavy atom. The number of nitrogens with one attached hydrogen (secondary N) is 2. The summed E-state index contributed by atoms with van der Waals surface area (Å²) in [7, 11) is 0. The molecule has 0 spiro atoms. The summed E-state index contributed by atoms with van der Waals surface area (Å²) in [6.07, 6.45) is 1.47. The van der Waals surface area contributed by atoms with Crippen molar-refractivity contribution in [3.05, 3.63) is 0 Å². The van der Waals surface area contributed by atoms with Gasteiger partial charge in [0.1, 0.15) is 0 Å². The molecule has 3 amide bonds. The molecule has 2 N–H and O–H groups in total. The SMILES string of the molecule is CC(=O)[C@@H]1CC(CNC(=O)NC(C)(C)CC(C)(C)C)CN1C(C)=O. The normalized spacial score (nSPS) is 21.5. The topological polar surface area (TPSA) is 78.5 Å². The van der Waals surface area contributed by atoms with Crippen molar-refractivity contribution in [3.8, 4) is 0 Å². The van der Waals surface area contributed by atoms with Crippen LogP contribution in [0.5, 0.6) is 0 Å². The van der Waals surface area contributed by atoms with Crippen molar-refractivity contribution in [3.63, 3.8) is 0 Å². The first-order valence-corrected chi connectivity index (χ1v) is 8.64. The fourth-order valence-electron chi connectivity index (χ4n) is 3.76. The molecule has 0 bridgehead atoms. The molecule has 1 fully saturated rings. The van der Waals surface area contributed by atoms with E-state index in [9.17, 15) is 14.4 Å². The molecule has 1 aliphatic heterocycles. The summed E-state index contributed by atoms with van der Waals surface area (Å²) >= 11 is 0. The van der Waals surface area contributed by atoms with E-state index in [-0.39, 0.29) is 40.6 Å². The van der Waals surface area contributed by atoms with Gasteiger partial charge < -0.3 is 15.5 Å². The lowest BCUT2D eigenvalue weighted by molar-refractivity contribution is -0.135. The largest absolute Gasteiger partial charge is 0.338 e. The molecule has 0 aromatic carbocycles. The van der Waals surface area contributed by atoms with Gasteiger partial charge in [-0.1, -0.05) is 20.8 Å².